The highest BCUT2D eigenvalue weighted by atomic mass is 79.9. The number of halogens is 1. The van der Waals surface area contributed by atoms with Gasteiger partial charge in [-0.2, -0.15) is 0 Å². The SMILES string of the molecule is CCC(Cc1cccc(Br)c1)C(=O)NCCCCC(=O)O. The molecule has 0 aliphatic heterocycles. The smallest absolute Gasteiger partial charge is 0.303 e. The Kier molecular flexibility index (Phi) is 8.05. The number of carbonyl (C=O) groups excluding carboxylic acids is 1. The molecule has 1 aromatic carbocycles. The summed E-state index contributed by atoms with van der Waals surface area (Å²) in [5, 5.41) is 11.4. The van der Waals surface area contributed by atoms with Crippen LogP contribution in [0.3, 0.4) is 0 Å². The lowest BCUT2D eigenvalue weighted by Gasteiger charge is -2.15. The van der Waals surface area contributed by atoms with E-state index in [9.17, 15) is 9.59 Å². The number of benzene rings is 1. The van der Waals surface area contributed by atoms with Gasteiger partial charge in [0.1, 0.15) is 0 Å². The van der Waals surface area contributed by atoms with Gasteiger partial charge in [0, 0.05) is 23.4 Å². The van der Waals surface area contributed by atoms with E-state index in [2.05, 4.69) is 21.2 Å². The summed E-state index contributed by atoms with van der Waals surface area (Å²) in [4.78, 5) is 22.5. The van der Waals surface area contributed by atoms with E-state index in [1.165, 1.54) is 0 Å². The van der Waals surface area contributed by atoms with Gasteiger partial charge in [0.2, 0.25) is 5.91 Å². The molecule has 116 valence electrons. The highest BCUT2D eigenvalue weighted by Gasteiger charge is 2.16. The largest absolute Gasteiger partial charge is 0.481 e. The quantitative estimate of drug-likeness (QED) is 0.667. The molecule has 1 atom stereocenters. The first-order chi connectivity index (χ1) is 10.0. The van der Waals surface area contributed by atoms with Gasteiger partial charge in [-0.1, -0.05) is 35.0 Å². The predicted octanol–water partition coefficient (Wildman–Crippen LogP) is 3.39. The minimum atomic E-state index is -0.789. The van der Waals surface area contributed by atoms with Gasteiger partial charge in [-0.3, -0.25) is 9.59 Å². The van der Waals surface area contributed by atoms with Gasteiger partial charge >= 0.3 is 5.97 Å². The summed E-state index contributed by atoms with van der Waals surface area (Å²) < 4.78 is 1.02. The molecule has 0 heterocycles. The monoisotopic (exact) mass is 355 g/mol. The zero-order chi connectivity index (χ0) is 15.7. The molecule has 0 fully saturated rings. The second-order valence-corrected chi connectivity index (χ2v) is 6.00. The van der Waals surface area contributed by atoms with Gasteiger partial charge in [0.05, 0.1) is 0 Å². The zero-order valence-corrected chi connectivity index (χ0v) is 13.9. The molecule has 0 aromatic heterocycles. The van der Waals surface area contributed by atoms with Crippen LogP contribution < -0.4 is 5.32 Å². The summed E-state index contributed by atoms with van der Waals surface area (Å²) in [6, 6.07) is 7.99. The number of carboxylic acids is 1. The van der Waals surface area contributed by atoms with Crippen molar-refractivity contribution < 1.29 is 14.7 Å². The Bertz CT molecular complexity index is 476. The number of aliphatic carboxylic acids is 1. The molecule has 21 heavy (non-hydrogen) atoms. The van der Waals surface area contributed by atoms with E-state index in [1.54, 1.807) is 0 Å². The molecule has 1 rings (SSSR count). The van der Waals surface area contributed by atoms with Crippen LogP contribution in [0, 0.1) is 5.92 Å². The number of unbranched alkanes of at least 4 members (excludes halogenated alkanes) is 1. The lowest BCUT2D eigenvalue weighted by Crippen LogP contribution is -2.32. The molecule has 1 aromatic rings. The van der Waals surface area contributed by atoms with E-state index in [1.807, 2.05) is 31.2 Å². The highest BCUT2D eigenvalue weighted by Crippen LogP contribution is 2.17. The van der Waals surface area contributed by atoms with E-state index in [0.29, 0.717) is 19.4 Å². The molecule has 5 heteroatoms. The molecular weight excluding hydrogens is 334 g/mol. The first-order valence-electron chi connectivity index (χ1n) is 7.27. The Labute approximate surface area is 134 Å². The topological polar surface area (TPSA) is 66.4 Å². The van der Waals surface area contributed by atoms with Crippen molar-refractivity contribution in [1.82, 2.24) is 5.32 Å². The van der Waals surface area contributed by atoms with Crippen LogP contribution in [-0.4, -0.2) is 23.5 Å². The summed E-state index contributed by atoms with van der Waals surface area (Å²) in [6.45, 7) is 2.55. The van der Waals surface area contributed by atoms with Crippen LogP contribution in [0.5, 0.6) is 0 Å². The molecule has 0 aliphatic carbocycles. The zero-order valence-electron chi connectivity index (χ0n) is 12.3. The molecule has 0 spiro atoms. The van der Waals surface area contributed by atoms with Crippen molar-refractivity contribution in [1.29, 1.82) is 0 Å². The van der Waals surface area contributed by atoms with Crippen molar-refractivity contribution in [3.8, 4) is 0 Å². The van der Waals surface area contributed by atoms with E-state index in [4.69, 9.17) is 5.11 Å². The van der Waals surface area contributed by atoms with Gasteiger partial charge in [-0.25, -0.2) is 0 Å². The van der Waals surface area contributed by atoms with Crippen LogP contribution in [0.2, 0.25) is 0 Å². The maximum absolute atomic E-state index is 12.1. The second kappa shape index (κ2) is 9.55. The number of rotatable bonds is 9. The fraction of sp³-hybridized carbons (Fsp3) is 0.500. The second-order valence-electron chi connectivity index (χ2n) is 5.08. The van der Waals surface area contributed by atoms with Gasteiger partial charge in [-0.15, -0.1) is 0 Å². The van der Waals surface area contributed by atoms with Gasteiger partial charge in [0.15, 0.2) is 0 Å². The van der Waals surface area contributed by atoms with E-state index < -0.39 is 5.97 Å². The van der Waals surface area contributed by atoms with Crippen molar-refractivity contribution in [2.45, 2.75) is 39.0 Å². The Morgan fingerprint density at radius 1 is 1.33 bits per heavy atom. The Morgan fingerprint density at radius 3 is 2.71 bits per heavy atom. The maximum Gasteiger partial charge on any atom is 0.303 e. The van der Waals surface area contributed by atoms with E-state index in [0.717, 1.165) is 22.9 Å². The fourth-order valence-corrected chi connectivity index (χ4v) is 2.57. The lowest BCUT2D eigenvalue weighted by atomic mass is 9.96. The molecular formula is C16H22BrNO3. The summed E-state index contributed by atoms with van der Waals surface area (Å²) in [5.41, 5.74) is 1.14. The summed E-state index contributed by atoms with van der Waals surface area (Å²) in [6.07, 6.45) is 2.96. The highest BCUT2D eigenvalue weighted by molar-refractivity contribution is 9.10. The first kappa shape index (κ1) is 17.7. The standard InChI is InChI=1S/C16H22BrNO3/c1-2-13(10-12-6-5-7-14(17)11-12)16(21)18-9-4-3-8-15(19)20/h5-7,11,13H,2-4,8-10H2,1H3,(H,18,21)(H,19,20). The molecule has 0 bridgehead atoms. The van der Waals surface area contributed by atoms with Gasteiger partial charge in [0.25, 0.3) is 0 Å². The minimum Gasteiger partial charge on any atom is -0.481 e. The predicted molar refractivity (Wildman–Crippen MR) is 86.1 cm³/mol. The van der Waals surface area contributed by atoms with Gasteiger partial charge in [-0.05, 0) is 43.4 Å². The van der Waals surface area contributed by atoms with Crippen LogP contribution >= 0.6 is 15.9 Å². The Hall–Kier alpha value is -1.36. The fourth-order valence-electron chi connectivity index (χ4n) is 2.13. The van der Waals surface area contributed by atoms with Crippen LogP contribution in [0.15, 0.2) is 28.7 Å². The molecule has 0 aliphatic rings. The third kappa shape index (κ3) is 7.27. The molecule has 1 amide bonds. The number of carbonyl (C=O) groups is 2. The molecule has 0 saturated carbocycles. The number of hydrogen-bond acceptors (Lipinski definition) is 2. The number of carboxylic acid groups (broad SMARTS) is 1. The van der Waals surface area contributed by atoms with Crippen LogP contribution in [-0.2, 0) is 16.0 Å². The Balaban J connectivity index is 2.37. The minimum absolute atomic E-state index is 0.0428. The lowest BCUT2D eigenvalue weighted by molar-refractivity contribution is -0.137. The molecule has 4 nitrogen and oxygen atoms in total. The summed E-state index contributed by atoms with van der Waals surface area (Å²) >= 11 is 3.43. The van der Waals surface area contributed by atoms with Crippen molar-refractivity contribution in [2.75, 3.05) is 6.54 Å². The van der Waals surface area contributed by atoms with Crippen molar-refractivity contribution in [2.24, 2.45) is 5.92 Å². The molecule has 0 saturated heterocycles. The number of nitrogens with one attached hydrogen (secondary N) is 1. The number of amides is 1. The van der Waals surface area contributed by atoms with E-state index in [-0.39, 0.29) is 18.2 Å². The van der Waals surface area contributed by atoms with Crippen LogP contribution in [0.4, 0.5) is 0 Å². The van der Waals surface area contributed by atoms with Crippen molar-refractivity contribution in [3.63, 3.8) is 0 Å². The van der Waals surface area contributed by atoms with Crippen molar-refractivity contribution in [3.05, 3.63) is 34.3 Å². The normalized spacial score (nSPS) is 11.9. The summed E-state index contributed by atoms with van der Waals surface area (Å²) in [5.74, 6) is -0.783. The summed E-state index contributed by atoms with van der Waals surface area (Å²) in [7, 11) is 0. The third-order valence-electron chi connectivity index (χ3n) is 3.35. The average molecular weight is 356 g/mol. The van der Waals surface area contributed by atoms with E-state index >= 15 is 0 Å². The Morgan fingerprint density at radius 2 is 2.10 bits per heavy atom. The van der Waals surface area contributed by atoms with Crippen LogP contribution in [0.1, 0.15) is 38.2 Å². The number of hydrogen-bond donors (Lipinski definition) is 2. The van der Waals surface area contributed by atoms with Crippen LogP contribution in [0.25, 0.3) is 0 Å². The third-order valence-corrected chi connectivity index (χ3v) is 3.84. The molecule has 1 unspecified atom stereocenters. The van der Waals surface area contributed by atoms with Gasteiger partial charge < -0.3 is 10.4 Å². The molecule has 0 radical (unpaired) electrons. The molecule has 2 N–H and O–H groups in total. The average Bonchev–Trinajstić information content (AvgIpc) is 2.44. The first-order valence-corrected chi connectivity index (χ1v) is 8.06. The van der Waals surface area contributed by atoms with Crippen molar-refractivity contribution >= 4 is 27.8 Å². The maximum atomic E-state index is 12.1.